The van der Waals surface area contributed by atoms with Gasteiger partial charge in [0.1, 0.15) is 0 Å². The molecule has 1 fully saturated rings. The molecular formula is C16H22N2O2. The number of hydrogen-bond acceptors (Lipinski definition) is 3. The van der Waals surface area contributed by atoms with Gasteiger partial charge in [-0.3, -0.25) is 4.79 Å². The van der Waals surface area contributed by atoms with E-state index in [-0.39, 0.29) is 12.5 Å². The van der Waals surface area contributed by atoms with Crippen LogP contribution in [0.4, 0.5) is 5.69 Å². The summed E-state index contributed by atoms with van der Waals surface area (Å²) in [4.78, 5) is 14.1. The summed E-state index contributed by atoms with van der Waals surface area (Å²) < 4.78 is 0. The second-order valence-electron chi connectivity index (χ2n) is 5.20. The Labute approximate surface area is 119 Å². The van der Waals surface area contributed by atoms with E-state index in [4.69, 9.17) is 10.8 Å². The van der Waals surface area contributed by atoms with Crippen LogP contribution in [0.2, 0.25) is 0 Å². The van der Waals surface area contributed by atoms with E-state index in [2.05, 4.69) is 0 Å². The molecule has 108 valence electrons. The number of rotatable bonds is 6. The quantitative estimate of drug-likeness (QED) is 0.616. The highest BCUT2D eigenvalue weighted by Crippen LogP contribution is 2.25. The maximum atomic E-state index is 12.3. The predicted octanol–water partition coefficient (Wildman–Crippen LogP) is 2.05. The van der Waals surface area contributed by atoms with Gasteiger partial charge in [-0.15, -0.1) is 0 Å². The van der Waals surface area contributed by atoms with Crippen LogP contribution in [0.1, 0.15) is 31.2 Å². The van der Waals surface area contributed by atoms with Gasteiger partial charge >= 0.3 is 0 Å². The number of nitrogens with two attached hydrogens (primary N) is 1. The van der Waals surface area contributed by atoms with Gasteiger partial charge in [0, 0.05) is 31.0 Å². The summed E-state index contributed by atoms with van der Waals surface area (Å²) >= 11 is 0. The van der Waals surface area contributed by atoms with Crippen molar-refractivity contribution in [1.29, 1.82) is 0 Å². The zero-order valence-corrected chi connectivity index (χ0v) is 11.7. The molecule has 0 aliphatic heterocycles. The molecule has 1 aromatic rings. The van der Waals surface area contributed by atoms with Gasteiger partial charge in [-0.2, -0.15) is 0 Å². The lowest BCUT2D eigenvalue weighted by molar-refractivity contribution is -0.130. The molecule has 0 heterocycles. The van der Waals surface area contributed by atoms with Crippen molar-refractivity contribution in [3.05, 3.63) is 35.9 Å². The largest absolute Gasteiger partial charge is 0.399 e. The summed E-state index contributed by atoms with van der Waals surface area (Å²) in [5.41, 5.74) is 7.33. The summed E-state index contributed by atoms with van der Waals surface area (Å²) in [7, 11) is 0. The highest BCUT2D eigenvalue weighted by molar-refractivity contribution is 5.92. The molecule has 0 spiro atoms. The number of nitrogens with zero attached hydrogens (tertiary/aromatic N) is 1. The van der Waals surface area contributed by atoms with Gasteiger partial charge in [-0.05, 0) is 49.5 Å². The number of benzene rings is 1. The smallest absolute Gasteiger partial charge is 0.246 e. The molecule has 0 radical (unpaired) electrons. The Morgan fingerprint density at radius 3 is 2.85 bits per heavy atom. The molecule has 0 atom stereocenters. The highest BCUT2D eigenvalue weighted by Gasteiger charge is 2.26. The van der Waals surface area contributed by atoms with Crippen LogP contribution in [-0.4, -0.2) is 35.1 Å². The Bertz CT molecular complexity index is 481. The number of anilines is 1. The Morgan fingerprint density at radius 1 is 1.45 bits per heavy atom. The second kappa shape index (κ2) is 7.10. The molecule has 1 aliphatic rings. The topological polar surface area (TPSA) is 66.6 Å². The Morgan fingerprint density at radius 2 is 2.25 bits per heavy atom. The Hall–Kier alpha value is -1.81. The van der Waals surface area contributed by atoms with Gasteiger partial charge < -0.3 is 15.7 Å². The van der Waals surface area contributed by atoms with Crippen molar-refractivity contribution in [3.8, 4) is 0 Å². The van der Waals surface area contributed by atoms with Crippen molar-refractivity contribution >= 4 is 17.7 Å². The molecular weight excluding hydrogens is 252 g/mol. The first-order valence-corrected chi connectivity index (χ1v) is 7.16. The van der Waals surface area contributed by atoms with Crippen molar-refractivity contribution in [2.45, 2.75) is 31.7 Å². The van der Waals surface area contributed by atoms with Crippen molar-refractivity contribution in [1.82, 2.24) is 4.90 Å². The van der Waals surface area contributed by atoms with Crippen LogP contribution in [0.5, 0.6) is 0 Å². The number of aliphatic hydroxyl groups excluding tert-OH is 1. The van der Waals surface area contributed by atoms with Crippen molar-refractivity contribution in [2.75, 3.05) is 18.9 Å². The average Bonchev–Trinajstić information content (AvgIpc) is 2.38. The molecule has 20 heavy (non-hydrogen) atoms. The minimum absolute atomic E-state index is 0.0191. The molecule has 0 unspecified atom stereocenters. The third kappa shape index (κ3) is 3.84. The van der Waals surface area contributed by atoms with Gasteiger partial charge in [0.2, 0.25) is 5.91 Å². The SMILES string of the molecule is Nc1cccc(/C=C/C(=O)N(CCCO)C2CCC2)c1. The third-order valence-electron chi connectivity index (χ3n) is 3.68. The van der Waals surface area contributed by atoms with Gasteiger partial charge in [-0.25, -0.2) is 0 Å². The normalized spacial score (nSPS) is 15.2. The van der Waals surface area contributed by atoms with Crippen LogP contribution in [0.15, 0.2) is 30.3 Å². The van der Waals surface area contributed by atoms with Crippen molar-refractivity contribution in [3.63, 3.8) is 0 Å². The zero-order valence-electron chi connectivity index (χ0n) is 11.7. The molecule has 1 aromatic carbocycles. The van der Waals surface area contributed by atoms with Crippen molar-refractivity contribution < 1.29 is 9.90 Å². The molecule has 0 aromatic heterocycles. The number of nitrogen functional groups attached to an aromatic ring is 1. The fourth-order valence-electron chi connectivity index (χ4n) is 2.34. The zero-order chi connectivity index (χ0) is 14.4. The second-order valence-corrected chi connectivity index (χ2v) is 5.20. The number of hydrogen-bond donors (Lipinski definition) is 2. The van der Waals surface area contributed by atoms with Crippen molar-refractivity contribution in [2.24, 2.45) is 0 Å². The molecule has 3 N–H and O–H groups in total. The molecule has 0 saturated heterocycles. The minimum Gasteiger partial charge on any atom is -0.399 e. The molecule has 2 rings (SSSR count). The minimum atomic E-state index is 0.0191. The van der Waals surface area contributed by atoms with Crippen LogP contribution in [0.25, 0.3) is 6.08 Å². The maximum absolute atomic E-state index is 12.3. The lowest BCUT2D eigenvalue weighted by Gasteiger charge is -2.37. The van der Waals surface area contributed by atoms with Crippen LogP contribution >= 0.6 is 0 Å². The maximum Gasteiger partial charge on any atom is 0.246 e. The summed E-state index contributed by atoms with van der Waals surface area (Å²) in [5.74, 6) is 0.0191. The average molecular weight is 274 g/mol. The monoisotopic (exact) mass is 274 g/mol. The Kier molecular flexibility index (Phi) is 5.18. The van der Waals surface area contributed by atoms with E-state index in [1.165, 1.54) is 6.42 Å². The first kappa shape index (κ1) is 14.6. The molecule has 4 nitrogen and oxygen atoms in total. The number of carbonyl (C=O) groups excluding carboxylic acids is 1. The van der Waals surface area contributed by atoms with Gasteiger partial charge in [0.05, 0.1) is 0 Å². The number of amides is 1. The summed E-state index contributed by atoms with van der Waals surface area (Å²) in [6.45, 7) is 0.747. The lowest BCUT2D eigenvalue weighted by atomic mass is 9.91. The fourth-order valence-corrected chi connectivity index (χ4v) is 2.34. The van der Waals surface area contributed by atoms with E-state index in [9.17, 15) is 4.79 Å². The summed E-state index contributed by atoms with van der Waals surface area (Å²) in [5, 5.41) is 8.94. The van der Waals surface area contributed by atoms with Crippen LogP contribution in [0.3, 0.4) is 0 Å². The molecule has 0 bridgehead atoms. The van der Waals surface area contributed by atoms with Gasteiger partial charge in [0.15, 0.2) is 0 Å². The summed E-state index contributed by atoms with van der Waals surface area (Å²) in [6, 6.07) is 7.79. The molecule has 1 amide bonds. The van der Waals surface area contributed by atoms with Gasteiger partial charge in [-0.1, -0.05) is 12.1 Å². The van der Waals surface area contributed by atoms with E-state index < -0.39 is 0 Å². The summed E-state index contributed by atoms with van der Waals surface area (Å²) in [6.07, 6.45) is 7.36. The van der Waals surface area contributed by atoms with Gasteiger partial charge in [0.25, 0.3) is 0 Å². The predicted molar refractivity (Wildman–Crippen MR) is 80.9 cm³/mol. The standard InChI is InChI=1S/C16H22N2O2/c17-14-5-1-4-13(12-14)8-9-16(20)18(10-3-11-19)15-6-2-7-15/h1,4-5,8-9,12,15,19H,2-3,6-7,10-11,17H2/b9-8+. The first-order valence-electron chi connectivity index (χ1n) is 7.16. The first-order chi connectivity index (χ1) is 9.70. The van der Waals surface area contributed by atoms with E-state index in [1.54, 1.807) is 12.2 Å². The van der Waals surface area contributed by atoms with E-state index in [0.717, 1.165) is 18.4 Å². The van der Waals surface area contributed by atoms with Crippen LogP contribution in [-0.2, 0) is 4.79 Å². The van der Waals surface area contributed by atoms with E-state index >= 15 is 0 Å². The fraction of sp³-hybridized carbons (Fsp3) is 0.438. The molecule has 4 heteroatoms. The number of carbonyl (C=O) groups is 1. The Balaban J connectivity index is 1.99. The highest BCUT2D eigenvalue weighted by atomic mass is 16.3. The van der Waals surface area contributed by atoms with Crippen LogP contribution in [0, 0.1) is 0 Å². The third-order valence-corrected chi connectivity index (χ3v) is 3.68. The molecule has 1 aliphatic carbocycles. The van der Waals surface area contributed by atoms with Crippen LogP contribution < -0.4 is 5.73 Å². The lowest BCUT2D eigenvalue weighted by Crippen LogP contribution is -2.44. The van der Waals surface area contributed by atoms with E-state index in [1.807, 2.05) is 29.2 Å². The number of aliphatic hydroxyl groups is 1. The molecule has 1 saturated carbocycles. The van der Waals surface area contributed by atoms with E-state index in [0.29, 0.717) is 24.7 Å².